The molecule has 72 valence electrons. The first kappa shape index (κ1) is 11.8. The van der Waals surface area contributed by atoms with Gasteiger partial charge in [-0.15, -0.1) is 0 Å². The highest BCUT2D eigenvalue weighted by molar-refractivity contribution is 7.99. The maximum atomic E-state index is 10.7. The molecule has 2 N–H and O–H groups in total. The van der Waals surface area contributed by atoms with Crippen molar-refractivity contribution >= 4 is 17.7 Å². The predicted octanol–water partition coefficient (Wildman–Crippen LogP) is 1.02. The van der Waals surface area contributed by atoms with Gasteiger partial charge in [0.2, 0.25) is 0 Å². The third-order valence-corrected chi connectivity index (χ3v) is 2.56. The van der Waals surface area contributed by atoms with Gasteiger partial charge in [-0.3, -0.25) is 4.79 Å². The van der Waals surface area contributed by atoms with Gasteiger partial charge in [-0.2, -0.15) is 11.8 Å². The van der Waals surface area contributed by atoms with Gasteiger partial charge in [0.25, 0.3) is 0 Å². The molecule has 0 aliphatic heterocycles. The summed E-state index contributed by atoms with van der Waals surface area (Å²) in [6, 6.07) is 0.119. The number of thioether (sulfide) groups is 1. The molecule has 0 aliphatic carbocycles. The molecule has 0 rings (SSSR count). The number of hydrogen-bond donors (Lipinski definition) is 1. The SMILES string of the molecule is CCSCC(N)CCC(=O)OC. The van der Waals surface area contributed by atoms with Crippen LogP contribution in [-0.4, -0.2) is 30.6 Å². The van der Waals surface area contributed by atoms with Crippen molar-refractivity contribution in [3.05, 3.63) is 0 Å². The highest BCUT2D eigenvalue weighted by Gasteiger charge is 2.06. The van der Waals surface area contributed by atoms with Crippen LogP contribution in [0.2, 0.25) is 0 Å². The number of esters is 1. The lowest BCUT2D eigenvalue weighted by Gasteiger charge is -2.08. The molecule has 3 nitrogen and oxygen atoms in total. The third kappa shape index (κ3) is 6.49. The van der Waals surface area contributed by atoms with Crippen LogP contribution in [-0.2, 0) is 9.53 Å². The fraction of sp³-hybridized carbons (Fsp3) is 0.875. The Bertz CT molecular complexity index is 130. The monoisotopic (exact) mass is 191 g/mol. The smallest absolute Gasteiger partial charge is 0.305 e. The first-order valence-electron chi connectivity index (χ1n) is 4.10. The van der Waals surface area contributed by atoms with Gasteiger partial charge in [0.15, 0.2) is 0 Å². The average molecular weight is 191 g/mol. The fourth-order valence-corrected chi connectivity index (χ4v) is 1.46. The topological polar surface area (TPSA) is 52.3 Å². The van der Waals surface area contributed by atoms with E-state index in [9.17, 15) is 4.79 Å². The Morgan fingerprint density at radius 3 is 2.83 bits per heavy atom. The molecular formula is C8H17NO2S. The molecule has 0 radical (unpaired) electrons. The van der Waals surface area contributed by atoms with Crippen LogP contribution in [0.25, 0.3) is 0 Å². The Balaban J connectivity index is 3.30. The Labute approximate surface area is 78.0 Å². The van der Waals surface area contributed by atoms with Crippen LogP contribution in [0, 0.1) is 0 Å². The molecule has 0 saturated carbocycles. The molecule has 4 heteroatoms. The first-order valence-corrected chi connectivity index (χ1v) is 5.26. The summed E-state index contributed by atoms with van der Waals surface area (Å²) in [6.07, 6.45) is 1.15. The molecule has 12 heavy (non-hydrogen) atoms. The third-order valence-electron chi connectivity index (χ3n) is 1.48. The molecule has 0 bridgehead atoms. The molecular weight excluding hydrogens is 174 g/mol. The van der Waals surface area contributed by atoms with Gasteiger partial charge in [-0.25, -0.2) is 0 Å². The van der Waals surface area contributed by atoms with Gasteiger partial charge >= 0.3 is 5.97 Å². The fourth-order valence-electron chi connectivity index (χ4n) is 0.758. The second-order valence-electron chi connectivity index (χ2n) is 2.53. The van der Waals surface area contributed by atoms with Gasteiger partial charge in [0.05, 0.1) is 7.11 Å². The molecule has 0 fully saturated rings. The summed E-state index contributed by atoms with van der Waals surface area (Å²) in [7, 11) is 1.40. The van der Waals surface area contributed by atoms with E-state index in [4.69, 9.17) is 5.73 Å². The van der Waals surface area contributed by atoms with Crippen LogP contribution < -0.4 is 5.73 Å². The number of carbonyl (C=O) groups is 1. The Morgan fingerprint density at radius 1 is 1.67 bits per heavy atom. The minimum Gasteiger partial charge on any atom is -0.469 e. The van der Waals surface area contributed by atoms with E-state index in [2.05, 4.69) is 11.7 Å². The van der Waals surface area contributed by atoms with Crippen molar-refractivity contribution in [1.82, 2.24) is 0 Å². The van der Waals surface area contributed by atoms with Gasteiger partial charge in [0, 0.05) is 18.2 Å². The van der Waals surface area contributed by atoms with E-state index >= 15 is 0 Å². The van der Waals surface area contributed by atoms with Crippen molar-refractivity contribution in [3.63, 3.8) is 0 Å². The summed E-state index contributed by atoms with van der Waals surface area (Å²) in [4.78, 5) is 10.7. The average Bonchev–Trinajstić information content (AvgIpc) is 2.10. The van der Waals surface area contributed by atoms with E-state index in [0.29, 0.717) is 6.42 Å². The number of hydrogen-bond acceptors (Lipinski definition) is 4. The highest BCUT2D eigenvalue weighted by atomic mass is 32.2. The van der Waals surface area contributed by atoms with Crippen molar-refractivity contribution in [2.24, 2.45) is 5.73 Å². The summed E-state index contributed by atoms with van der Waals surface area (Å²) < 4.78 is 4.50. The van der Waals surface area contributed by atoms with Crippen molar-refractivity contribution in [1.29, 1.82) is 0 Å². The summed E-state index contributed by atoms with van der Waals surface area (Å²) in [5, 5.41) is 0. The van der Waals surface area contributed by atoms with E-state index in [-0.39, 0.29) is 12.0 Å². The van der Waals surface area contributed by atoms with Gasteiger partial charge < -0.3 is 10.5 Å². The highest BCUT2D eigenvalue weighted by Crippen LogP contribution is 2.05. The molecule has 0 heterocycles. The summed E-state index contributed by atoms with van der Waals surface area (Å²) in [5.74, 6) is 1.83. The maximum absolute atomic E-state index is 10.7. The minimum absolute atomic E-state index is 0.119. The Kier molecular flexibility index (Phi) is 7.29. The molecule has 0 aromatic heterocycles. The van der Waals surface area contributed by atoms with Crippen LogP contribution in [0.4, 0.5) is 0 Å². The minimum atomic E-state index is -0.174. The molecule has 0 aromatic rings. The largest absolute Gasteiger partial charge is 0.469 e. The molecule has 0 aliphatic rings. The van der Waals surface area contributed by atoms with E-state index in [1.165, 1.54) is 7.11 Å². The zero-order chi connectivity index (χ0) is 9.40. The standard InChI is InChI=1S/C8H17NO2S/c1-3-12-6-7(9)4-5-8(10)11-2/h7H,3-6,9H2,1-2H3. The molecule has 1 atom stereocenters. The Hall–Kier alpha value is -0.220. The second kappa shape index (κ2) is 7.43. The molecule has 0 saturated heterocycles. The molecule has 1 unspecified atom stereocenters. The molecule has 0 amide bonds. The number of methoxy groups -OCH3 is 1. The van der Waals surface area contributed by atoms with Crippen molar-refractivity contribution in [2.45, 2.75) is 25.8 Å². The van der Waals surface area contributed by atoms with Crippen LogP contribution in [0.1, 0.15) is 19.8 Å². The van der Waals surface area contributed by atoms with Crippen molar-refractivity contribution < 1.29 is 9.53 Å². The van der Waals surface area contributed by atoms with Crippen molar-refractivity contribution in [2.75, 3.05) is 18.6 Å². The van der Waals surface area contributed by atoms with Crippen LogP contribution >= 0.6 is 11.8 Å². The van der Waals surface area contributed by atoms with E-state index in [0.717, 1.165) is 17.9 Å². The zero-order valence-corrected chi connectivity index (χ0v) is 8.52. The van der Waals surface area contributed by atoms with E-state index < -0.39 is 0 Å². The van der Waals surface area contributed by atoms with Crippen LogP contribution in [0.15, 0.2) is 0 Å². The van der Waals surface area contributed by atoms with Gasteiger partial charge in [-0.1, -0.05) is 6.92 Å². The van der Waals surface area contributed by atoms with Gasteiger partial charge in [0.1, 0.15) is 0 Å². The first-order chi connectivity index (χ1) is 5.70. The lowest BCUT2D eigenvalue weighted by molar-refractivity contribution is -0.140. The number of nitrogens with two attached hydrogens (primary N) is 1. The normalized spacial score (nSPS) is 12.6. The van der Waals surface area contributed by atoms with Crippen LogP contribution in [0.3, 0.4) is 0 Å². The van der Waals surface area contributed by atoms with Crippen LogP contribution in [0.5, 0.6) is 0 Å². The molecule has 0 spiro atoms. The zero-order valence-electron chi connectivity index (χ0n) is 7.71. The summed E-state index contributed by atoms with van der Waals surface area (Å²) >= 11 is 1.80. The number of carbonyl (C=O) groups excluding carboxylic acids is 1. The quantitative estimate of drug-likeness (QED) is 0.637. The summed E-state index contributed by atoms with van der Waals surface area (Å²) in [5.41, 5.74) is 5.73. The van der Waals surface area contributed by atoms with E-state index in [1.807, 2.05) is 0 Å². The van der Waals surface area contributed by atoms with Gasteiger partial charge in [-0.05, 0) is 12.2 Å². The Morgan fingerprint density at radius 2 is 2.33 bits per heavy atom. The van der Waals surface area contributed by atoms with Crippen molar-refractivity contribution in [3.8, 4) is 0 Å². The molecule has 0 aromatic carbocycles. The number of ether oxygens (including phenoxy) is 1. The summed E-state index contributed by atoms with van der Waals surface area (Å²) in [6.45, 7) is 2.09. The lowest BCUT2D eigenvalue weighted by Crippen LogP contribution is -2.24. The second-order valence-corrected chi connectivity index (χ2v) is 3.85. The van der Waals surface area contributed by atoms with E-state index in [1.54, 1.807) is 11.8 Å². The predicted molar refractivity (Wildman–Crippen MR) is 52.2 cm³/mol. The maximum Gasteiger partial charge on any atom is 0.305 e. The lowest BCUT2D eigenvalue weighted by atomic mass is 10.2. The number of rotatable bonds is 6.